The Morgan fingerprint density at radius 1 is 1.07 bits per heavy atom. The van der Waals surface area contributed by atoms with E-state index < -0.39 is 41.5 Å². The monoisotopic (exact) mass is 631 g/mol. The lowest BCUT2D eigenvalue weighted by Crippen LogP contribution is -2.44. The third-order valence-electron chi connectivity index (χ3n) is 6.66. The van der Waals surface area contributed by atoms with Crippen molar-refractivity contribution in [2.75, 3.05) is 14.2 Å². The van der Waals surface area contributed by atoms with Crippen LogP contribution in [0.15, 0.2) is 40.9 Å². The fourth-order valence-corrected chi connectivity index (χ4v) is 5.21. The van der Waals surface area contributed by atoms with Crippen molar-refractivity contribution in [2.24, 2.45) is 0 Å². The summed E-state index contributed by atoms with van der Waals surface area (Å²) in [5, 5.41) is 14.0. The second-order valence-corrected chi connectivity index (χ2v) is 11.8. The largest absolute Gasteiger partial charge is 0.507 e. The summed E-state index contributed by atoms with van der Waals surface area (Å²) in [6.07, 6.45) is 4.44. The van der Waals surface area contributed by atoms with Crippen LogP contribution in [-0.4, -0.2) is 54.9 Å². The van der Waals surface area contributed by atoms with Crippen molar-refractivity contribution in [3.63, 3.8) is 0 Å². The van der Waals surface area contributed by atoms with Crippen molar-refractivity contribution in [3.05, 3.63) is 57.6 Å². The Morgan fingerprint density at radius 2 is 1.76 bits per heavy atom. The van der Waals surface area contributed by atoms with Gasteiger partial charge in [-0.15, -0.1) is 0 Å². The van der Waals surface area contributed by atoms with Gasteiger partial charge in [0.05, 0.1) is 14.2 Å². The highest BCUT2D eigenvalue weighted by molar-refractivity contribution is 9.10. The number of aromatic hydroxyl groups is 1. The van der Waals surface area contributed by atoms with E-state index in [0.29, 0.717) is 24.2 Å². The lowest BCUT2D eigenvalue weighted by Gasteiger charge is -2.34. The minimum absolute atomic E-state index is 0.00911. The van der Waals surface area contributed by atoms with Crippen molar-refractivity contribution >= 4 is 39.9 Å². The summed E-state index contributed by atoms with van der Waals surface area (Å²) in [4.78, 5) is 38.5. The van der Waals surface area contributed by atoms with Gasteiger partial charge in [-0.1, -0.05) is 40.6 Å². The number of rotatable bonds is 9. The van der Waals surface area contributed by atoms with Crippen LogP contribution in [0, 0.1) is 0 Å². The maximum atomic E-state index is 13.4. The Morgan fingerprint density at radius 3 is 2.39 bits per heavy atom. The van der Waals surface area contributed by atoms with E-state index in [4.69, 9.17) is 18.9 Å². The van der Waals surface area contributed by atoms with Crippen LogP contribution in [0.2, 0.25) is 0 Å². The van der Waals surface area contributed by atoms with Gasteiger partial charge in [0.1, 0.15) is 40.6 Å². The molecule has 222 valence electrons. The number of phenolic OH excluding ortho intramolecular Hbond substituents is 1. The van der Waals surface area contributed by atoms with E-state index in [0.717, 1.165) is 22.9 Å². The van der Waals surface area contributed by atoms with Crippen LogP contribution in [0.4, 0.5) is 4.79 Å². The zero-order valence-electron chi connectivity index (χ0n) is 24.3. The number of allylic oxidation sites excluding steroid dienone is 1. The minimum Gasteiger partial charge on any atom is -0.507 e. The maximum absolute atomic E-state index is 13.4. The number of esters is 1. The minimum atomic E-state index is -0.959. The zero-order chi connectivity index (χ0) is 30.3. The van der Waals surface area contributed by atoms with Crippen molar-refractivity contribution < 1.29 is 38.4 Å². The van der Waals surface area contributed by atoms with Gasteiger partial charge in [0, 0.05) is 22.0 Å². The predicted octanol–water partition coefficient (Wildman–Crippen LogP) is 6.55. The number of hydrogen-bond donors (Lipinski definition) is 2. The molecule has 0 aliphatic heterocycles. The number of benzene rings is 2. The molecule has 0 spiro atoms. The molecule has 0 heterocycles. The van der Waals surface area contributed by atoms with Gasteiger partial charge in [-0.05, 0) is 70.7 Å². The molecule has 2 aromatic rings. The Bertz CT molecular complexity index is 1300. The number of ketones is 1. The van der Waals surface area contributed by atoms with Crippen molar-refractivity contribution in [1.82, 2.24) is 5.32 Å². The fourth-order valence-electron chi connectivity index (χ4n) is 4.79. The average Bonchev–Trinajstić information content (AvgIpc) is 2.90. The number of hydrogen-bond acceptors (Lipinski definition) is 8. The van der Waals surface area contributed by atoms with Gasteiger partial charge in [-0.2, -0.15) is 0 Å². The molecular formula is C31H38BrNO8. The molecule has 0 aromatic heterocycles. The van der Waals surface area contributed by atoms with Gasteiger partial charge in [-0.3, -0.25) is 4.79 Å². The molecule has 2 N–H and O–H groups in total. The molecule has 0 saturated heterocycles. The number of methoxy groups -OCH3 is 2. The first-order valence-corrected chi connectivity index (χ1v) is 14.3. The molecule has 1 unspecified atom stereocenters. The van der Waals surface area contributed by atoms with Crippen LogP contribution < -0.4 is 14.8 Å². The Labute approximate surface area is 249 Å². The first kappa shape index (κ1) is 32.0. The molecule has 10 heteroatoms. The number of alkyl carbamates (subject to hydrolysis) is 1. The van der Waals surface area contributed by atoms with Gasteiger partial charge in [0.15, 0.2) is 5.78 Å². The van der Waals surface area contributed by atoms with Gasteiger partial charge >= 0.3 is 12.1 Å². The summed E-state index contributed by atoms with van der Waals surface area (Å²) in [6.45, 7) is 6.70. The molecular weight excluding hydrogens is 594 g/mol. The highest BCUT2D eigenvalue weighted by Gasteiger charge is 2.37. The highest BCUT2D eigenvalue weighted by Crippen LogP contribution is 2.48. The molecule has 3 atom stereocenters. The smallest absolute Gasteiger partial charge is 0.408 e. The van der Waals surface area contributed by atoms with E-state index in [-0.39, 0.29) is 17.1 Å². The van der Waals surface area contributed by atoms with Crippen LogP contribution in [0.25, 0.3) is 6.08 Å². The third kappa shape index (κ3) is 8.48. The summed E-state index contributed by atoms with van der Waals surface area (Å²) in [5.41, 5.74) is 0.448. The molecule has 9 nitrogen and oxygen atoms in total. The standard InChI is InChI=1S/C31H38BrNO8/c1-18(33-30(37)41-31(2,3)4)29(36)40-23-13-8-7-12-21(23)26-24(38-5)17-25(39-6)27(28(26)35)22(34)15-14-19-10-9-11-20(32)16-19/h9-11,14-18,21,23,35H,7-8,12-13H2,1-6H3,(H,33,37)/t18?,21-,23-/m1/s1. The Kier molecular flexibility index (Phi) is 10.8. The lowest BCUT2D eigenvalue weighted by atomic mass is 9.79. The molecule has 1 aliphatic rings. The highest BCUT2D eigenvalue weighted by atomic mass is 79.9. The SMILES string of the molecule is COc1cc(OC)c([C@@H]2CCCC[C@H]2OC(=O)C(C)NC(=O)OC(C)(C)C)c(O)c1C(=O)C=Cc1cccc(Br)c1. The first-order chi connectivity index (χ1) is 19.3. The van der Waals surface area contributed by atoms with Gasteiger partial charge in [-0.25, -0.2) is 9.59 Å². The van der Waals surface area contributed by atoms with Crippen molar-refractivity contribution in [1.29, 1.82) is 0 Å². The van der Waals surface area contributed by atoms with E-state index in [2.05, 4.69) is 21.2 Å². The second-order valence-electron chi connectivity index (χ2n) is 10.9. The summed E-state index contributed by atoms with van der Waals surface area (Å²) in [5.74, 6) is -1.34. The summed E-state index contributed by atoms with van der Waals surface area (Å²) >= 11 is 3.42. The molecule has 41 heavy (non-hydrogen) atoms. The third-order valence-corrected chi connectivity index (χ3v) is 7.15. The van der Waals surface area contributed by atoms with Crippen LogP contribution in [0.5, 0.6) is 17.2 Å². The molecule has 1 fully saturated rings. The van der Waals surface area contributed by atoms with Gasteiger partial charge in [0.25, 0.3) is 0 Å². The quantitative estimate of drug-likeness (QED) is 0.182. The topological polar surface area (TPSA) is 120 Å². The maximum Gasteiger partial charge on any atom is 0.408 e. The van der Waals surface area contributed by atoms with Gasteiger partial charge in [0.2, 0.25) is 0 Å². The molecule has 0 radical (unpaired) electrons. The second kappa shape index (κ2) is 13.9. The number of carbonyl (C=O) groups excluding carboxylic acids is 3. The lowest BCUT2D eigenvalue weighted by molar-refractivity contribution is -0.153. The Hall–Kier alpha value is -3.53. The fraction of sp³-hybridized carbons (Fsp3) is 0.452. The van der Waals surface area contributed by atoms with Gasteiger partial charge < -0.3 is 29.4 Å². The molecule has 1 saturated carbocycles. The van der Waals surface area contributed by atoms with E-state index in [1.54, 1.807) is 32.9 Å². The van der Waals surface area contributed by atoms with Crippen LogP contribution in [0.1, 0.15) is 80.8 Å². The number of phenols is 1. The zero-order valence-corrected chi connectivity index (χ0v) is 25.9. The molecule has 1 aliphatic carbocycles. The Balaban J connectivity index is 1.92. The van der Waals surface area contributed by atoms with Crippen LogP contribution in [0.3, 0.4) is 0 Å². The van der Waals surface area contributed by atoms with E-state index in [1.165, 1.54) is 27.2 Å². The number of amides is 1. The van der Waals surface area contributed by atoms with Crippen molar-refractivity contribution in [2.45, 2.75) is 77.0 Å². The number of carbonyl (C=O) groups is 3. The molecule has 3 rings (SSSR count). The summed E-state index contributed by atoms with van der Waals surface area (Å²) in [7, 11) is 2.87. The molecule has 0 bridgehead atoms. The summed E-state index contributed by atoms with van der Waals surface area (Å²) in [6, 6.07) is 8.05. The summed E-state index contributed by atoms with van der Waals surface area (Å²) < 4.78 is 23.0. The van der Waals surface area contributed by atoms with E-state index in [9.17, 15) is 19.5 Å². The van der Waals surface area contributed by atoms with Crippen molar-refractivity contribution in [3.8, 4) is 17.2 Å². The molecule has 1 amide bonds. The molecule has 2 aromatic carbocycles. The average molecular weight is 633 g/mol. The number of halogens is 1. The van der Waals surface area contributed by atoms with E-state index >= 15 is 0 Å². The predicted molar refractivity (Wildman–Crippen MR) is 159 cm³/mol. The normalized spacial score (nSPS) is 17.9. The first-order valence-electron chi connectivity index (χ1n) is 13.5. The number of ether oxygens (including phenoxy) is 4. The van der Waals surface area contributed by atoms with Crippen LogP contribution >= 0.6 is 15.9 Å². The number of nitrogens with one attached hydrogen (secondary N) is 1. The van der Waals surface area contributed by atoms with E-state index in [1.807, 2.05) is 24.3 Å². The van der Waals surface area contributed by atoms with Crippen LogP contribution in [-0.2, 0) is 14.3 Å².